The molecule has 0 bridgehead atoms. The first-order valence-corrected chi connectivity index (χ1v) is 6.29. The zero-order valence-electron chi connectivity index (χ0n) is 10.7. The van der Waals surface area contributed by atoms with Gasteiger partial charge in [-0.3, -0.25) is 0 Å². The summed E-state index contributed by atoms with van der Waals surface area (Å²) in [6.07, 6.45) is 5.50. The van der Waals surface area contributed by atoms with Crippen LogP contribution < -0.4 is 14.8 Å². The molecule has 1 aromatic carbocycles. The monoisotopic (exact) mass is 235 g/mol. The van der Waals surface area contributed by atoms with E-state index in [2.05, 4.69) is 5.32 Å². The predicted molar refractivity (Wildman–Crippen MR) is 70.0 cm³/mol. The van der Waals surface area contributed by atoms with Crippen molar-refractivity contribution >= 4 is 5.69 Å². The Balaban J connectivity index is 1.95. The van der Waals surface area contributed by atoms with Crippen LogP contribution in [0.25, 0.3) is 0 Å². The van der Waals surface area contributed by atoms with E-state index in [1.165, 1.54) is 25.7 Å². The van der Waals surface area contributed by atoms with Crippen molar-refractivity contribution in [3.8, 4) is 11.5 Å². The van der Waals surface area contributed by atoms with Crippen molar-refractivity contribution in [2.45, 2.75) is 25.7 Å². The summed E-state index contributed by atoms with van der Waals surface area (Å²) in [5, 5.41) is 3.48. The fourth-order valence-corrected chi connectivity index (χ4v) is 2.42. The van der Waals surface area contributed by atoms with E-state index in [1.54, 1.807) is 14.2 Å². The minimum absolute atomic E-state index is 0.777. The molecule has 17 heavy (non-hydrogen) atoms. The maximum Gasteiger partial charge on any atom is 0.162 e. The molecular weight excluding hydrogens is 214 g/mol. The number of methoxy groups -OCH3 is 2. The summed E-state index contributed by atoms with van der Waals surface area (Å²) in [7, 11) is 3.32. The molecule has 1 aliphatic rings. The zero-order chi connectivity index (χ0) is 12.1. The molecule has 0 heterocycles. The molecule has 1 saturated carbocycles. The summed E-state index contributed by atoms with van der Waals surface area (Å²) in [5.74, 6) is 2.39. The molecule has 0 amide bonds. The van der Waals surface area contributed by atoms with Gasteiger partial charge < -0.3 is 14.8 Å². The van der Waals surface area contributed by atoms with Gasteiger partial charge in [0.05, 0.1) is 14.2 Å². The lowest BCUT2D eigenvalue weighted by Gasteiger charge is -2.14. The maximum atomic E-state index is 5.28. The van der Waals surface area contributed by atoms with Crippen LogP contribution in [0.3, 0.4) is 0 Å². The van der Waals surface area contributed by atoms with Gasteiger partial charge in [-0.1, -0.05) is 12.8 Å². The fourth-order valence-electron chi connectivity index (χ4n) is 2.42. The Morgan fingerprint density at radius 3 is 2.47 bits per heavy atom. The number of hydrogen-bond donors (Lipinski definition) is 1. The standard InChI is InChI=1S/C14H21NO2/c1-16-13-8-7-12(9-14(13)17-2)15-10-11-5-3-4-6-11/h7-9,11,15H,3-6,10H2,1-2H3. The minimum Gasteiger partial charge on any atom is -0.493 e. The molecule has 1 aliphatic carbocycles. The lowest BCUT2D eigenvalue weighted by atomic mass is 10.1. The smallest absolute Gasteiger partial charge is 0.162 e. The van der Waals surface area contributed by atoms with Crippen LogP contribution in [0.4, 0.5) is 5.69 Å². The van der Waals surface area contributed by atoms with E-state index >= 15 is 0 Å². The van der Waals surface area contributed by atoms with Gasteiger partial charge in [0.15, 0.2) is 11.5 Å². The van der Waals surface area contributed by atoms with Gasteiger partial charge in [0.1, 0.15) is 0 Å². The molecule has 94 valence electrons. The third-order valence-corrected chi connectivity index (χ3v) is 3.45. The first-order valence-electron chi connectivity index (χ1n) is 6.29. The summed E-state index contributed by atoms with van der Waals surface area (Å²) >= 11 is 0. The Kier molecular flexibility index (Phi) is 4.13. The number of nitrogens with one attached hydrogen (secondary N) is 1. The van der Waals surface area contributed by atoms with E-state index in [9.17, 15) is 0 Å². The number of rotatable bonds is 5. The van der Waals surface area contributed by atoms with E-state index in [-0.39, 0.29) is 0 Å². The summed E-state index contributed by atoms with van der Waals surface area (Å²) in [4.78, 5) is 0. The van der Waals surface area contributed by atoms with Gasteiger partial charge in [-0.25, -0.2) is 0 Å². The molecule has 0 aromatic heterocycles. The van der Waals surface area contributed by atoms with Crippen molar-refractivity contribution in [3.63, 3.8) is 0 Å². The molecule has 0 aliphatic heterocycles. The topological polar surface area (TPSA) is 30.5 Å². The van der Waals surface area contributed by atoms with Crippen LogP contribution >= 0.6 is 0 Å². The lowest BCUT2D eigenvalue weighted by molar-refractivity contribution is 0.355. The first-order chi connectivity index (χ1) is 8.33. The normalized spacial score (nSPS) is 15.9. The Hall–Kier alpha value is -1.38. The Morgan fingerprint density at radius 1 is 1.12 bits per heavy atom. The van der Waals surface area contributed by atoms with Crippen LogP contribution in [-0.2, 0) is 0 Å². The Morgan fingerprint density at radius 2 is 1.82 bits per heavy atom. The van der Waals surface area contributed by atoms with Crippen molar-refractivity contribution < 1.29 is 9.47 Å². The van der Waals surface area contributed by atoms with Gasteiger partial charge >= 0.3 is 0 Å². The molecule has 1 N–H and O–H groups in total. The van der Waals surface area contributed by atoms with Gasteiger partial charge in [0.2, 0.25) is 0 Å². The summed E-state index contributed by atoms with van der Waals surface area (Å²) in [6.45, 7) is 1.06. The molecule has 0 atom stereocenters. The SMILES string of the molecule is COc1ccc(NCC2CCCC2)cc1OC. The highest BCUT2D eigenvalue weighted by molar-refractivity contribution is 5.54. The van der Waals surface area contributed by atoms with E-state index in [0.29, 0.717) is 0 Å². The van der Waals surface area contributed by atoms with Crippen LogP contribution in [0, 0.1) is 5.92 Å². The summed E-state index contributed by atoms with van der Waals surface area (Å²) < 4.78 is 10.5. The van der Waals surface area contributed by atoms with Crippen LogP contribution in [0.5, 0.6) is 11.5 Å². The maximum absolute atomic E-state index is 5.28. The second kappa shape index (κ2) is 5.80. The number of ether oxygens (including phenoxy) is 2. The predicted octanol–water partition coefficient (Wildman–Crippen LogP) is 3.31. The molecule has 0 unspecified atom stereocenters. The van der Waals surface area contributed by atoms with Crippen LogP contribution in [0.15, 0.2) is 18.2 Å². The third-order valence-electron chi connectivity index (χ3n) is 3.45. The largest absolute Gasteiger partial charge is 0.493 e. The molecular formula is C14H21NO2. The van der Waals surface area contributed by atoms with Crippen molar-refractivity contribution in [2.75, 3.05) is 26.1 Å². The van der Waals surface area contributed by atoms with Crippen molar-refractivity contribution in [3.05, 3.63) is 18.2 Å². The molecule has 0 spiro atoms. The number of hydrogen-bond acceptors (Lipinski definition) is 3. The second-order valence-electron chi connectivity index (χ2n) is 4.60. The van der Waals surface area contributed by atoms with Crippen LogP contribution in [0.2, 0.25) is 0 Å². The second-order valence-corrected chi connectivity index (χ2v) is 4.60. The average Bonchev–Trinajstić information content (AvgIpc) is 2.89. The zero-order valence-corrected chi connectivity index (χ0v) is 10.7. The molecule has 2 rings (SSSR count). The van der Waals surface area contributed by atoms with Crippen molar-refractivity contribution in [1.29, 1.82) is 0 Å². The summed E-state index contributed by atoms with van der Waals surface area (Å²) in [5.41, 5.74) is 1.11. The van der Waals surface area contributed by atoms with E-state index < -0.39 is 0 Å². The van der Waals surface area contributed by atoms with Gasteiger partial charge in [-0.2, -0.15) is 0 Å². The highest BCUT2D eigenvalue weighted by Crippen LogP contribution is 2.30. The minimum atomic E-state index is 0.777. The van der Waals surface area contributed by atoms with E-state index in [1.807, 2.05) is 18.2 Å². The Labute approximate surface area is 103 Å². The molecule has 3 heteroatoms. The third kappa shape index (κ3) is 3.05. The van der Waals surface area contributed by atoms with E-state index in [0.717, 1.165) is 29.6 Å². The van der Waals surface area contributed by atoms with Gasteiger partial charge in [0.25, 0.3) is 0 Å². The van der Waals surface area contributed by atoms with Gasteiger partial charge in [-0.05, 0) is 30.9 Å². The van der Waals surface area contributed by atoms with Crippen molar-refractivity contribution in [1.82, 2.24) is 0 Å². The molecule has 0 saturated heterocycles. The number of benzene rings is 1. The van der Waals surface area contributed by atoms with Gasteiger partial charge in [-0.15, -0.1) is 0 Å². The quantitative estimate of drug-likeness (QED) is 0.849. The highest BCUT2D eigenvalue weighted by Gasteiger charge is 2.14. The average molecular weight is 235 g/mol. The van der Waals surface area contributed by atoms with E-state index in [4.69, 9.17) is 9.47 Å². The lowest BCUT2D eigenvalue weighted by Crippen LogP contribution is -2.10. The molecule has 1 aromatic rings. The molecule has 1 fully saturated rings. The Bertz CT molecular complexity index is 359. The first kappa shape index (κ1) is 12.1. The molecule has 0 radical (unpaired) electrons. The summed E-state index contributed by atoms with van der Waals surface area (Å²) in [6, 6.07) is 5.97. The highest BCUT2D eigenvalue weighted by atomic mass is 16.5. The van der Waals surface area contributed by atoms with Crippen LogP contribution in [-0.4, -0.2) is 20.8 Å². The number of anilines is 1. The van der Waals surface area contributed by atoms with Crippen LogP contribution in [0.1, 0.15) is 25.7 Å². The van der Waals surface area contributed by atoms with Gasteiger partial charge in [0, 0.05) is 18.3 Å². The molecule has 3 nitrogen and oxygen atoms in total. The van der Waals surface area contributed by atoms with Crippen molar-refractivity contribution in [2.24, 2.45) is 5.92 Å². The fraction of sp³-hybridized carbons (Fsp3) is 0.571.